The normalized spacial score (nSPS) is 15.3. The zero-order valence-corrected chi connectivity index (χ0v) is 17.4. The molecule has 2 amide bonds. The minimum Gasteiger partial charge on any atom is -0.348 e. The molecule has 3 rings (SSSR count). The van der Waals surface area contributed by atoms with Crippen LogP contribution in [0.4, 0.5) is 14.7 Å². The molecule has 9 nitrogen and oxygen atoms in total. The number of hydrazine groups is 1. The maximum Gasteiger partial charge on any atom is 0.317 e. The summed E-state index contributed by atoms with van der Waals surface area (Å²) < 4.78 is 50.5. The number of amides is 2. The predicted octanol–water partition coefficient (Wildman–Crippen LogP) is 1.70. The molecule has 1 fully saturated rings. The van der Waals surface area contributed by atoms with E-state index in [4.69, 9.17) is 5.84 Å². The molecule has 0 saturated heterocycles. The first kappa shape index (κ1) is 22.7. The summed E-state index contributed by atoms with van der Waals surface area (Å²) >= 11 is 0. The number of alkyl halides is 2. The lowest BCUT2D eigenvalue weighted by atomic mass is 9.78. The van der Waals surface area contributed by atoms with Crippen molar-refractivity contribution in [1.82, 2.24) is 15.0 Å². The van der Waals surface area contributed by atoms with Crippen LogP contribution in [0.1, 0.15) is 35.2 Å². The molecule has 1 heterocycles. The van der Waals surface area contributed by atoms with Gasteiger partial charge in [-0.15, -0.1) is 0 Å². The van der Waals surface area contributed by atoms with Gasteiger partial charge in [0.15, 0.2) is 9.84 Å². The van der Waals surface area contributed by atoms with E-state index < -0.39 is 33.6 Å². The van der Waals surface area contributed by atoms with Gasteiger partial charge in [0, 0.05) is 12.4 Å². The zero-order valence-electron chi connectivity index (χ0n) is 16.6. The van der Waals surface area contributed by atoms with Crippen LogP contribution >= 0.6 is 0 Å². The monoisotopic (exact) mass is 453 g/mol. The van der Waals surface area contributed by atoms with Gasteiger partial charge in [-0.1, -0.05) is 17.7 Å². The Labute approximate surface area is 177 Å². The van der Waals surface area contributed by atoms with Gasteiger partial charge < -0.3 is 5.32 Å². The van der Waals surface area contributed by atoms with Gasteiger partial charge in [0.1, 0.15) is 0 Å². The number of halogens is 2. The maximum absolute atomic E-state index is 12.8. The SMILES string of the molecule is Cc1ccc(S(=O)(=O)CC2(Nc3ncc(C(=O)N(N)C(=O)C(F)F)cn3)CCC2)cc1. The van der Waals surface area contributed by atoms with Gasteiger partial charge in [-0.05, 0) is 38.3 Å². The lowest BCUT2D eigenvalue weighted by Crippen LogP contribution is -2.51. The number of benzene rings is 1. The van der Waals surface area contributed by atoms with Crippen molar-refractivity contribution in [3.63, 3.8) is 0 Å². The fourth-order valence-corrected chi connectivity index (χ4v) is 4.99. The van der Waals surface area contributed by atoms with Crippen LogP contribution in [0.5, 0.6) is 0 Å². The van der Waals surface area contributed by atoms with Crippen molar-refractivity contribution in [1.29, 1.82) is 0 Å². The number of hydrogen-bond donors (Lipinski definition) is 2. The number of sulfone groups is 1. The Morgan fingerprint density at radius 1 is 1.19 bits per heavy atom. The van der Waals surface area contributed by atoms with Crippen molar-refractivity contribution in [3.8, 4) is 0 Å². The van der Waals surface area contributed by atoms with E-state index in [0.717, 1.165) is 24.4 Å². The molecule has 31 heavy (non-hydrogen) atoms. The molecular weight excluding hydrogens is 432 g/mol. The first-order valence-electron chi connectivity index (χ1n) is 9.34. The number of hydrogen-bond acceptors (Lipinski definition) is 8. The average molecular weight is 453 g/mol. The standard InChI is InChI=1S/C19H21F2N5O4S/c1-12-3-5-14(6-4-12)31(29,30)11-19(7-2-8-19)25-18-23-9-13(10-24-18)16(27)26(22)17(28)15(20)21/h3-6,9-10,15H,2,7-8,11,22H2,1H3,(H,23,24,25). The number of aromatic nitrogens is 2. The second-order valence-corrected chi connectivity index (χ2v) is 9.43. The first-order valence-corrected chi connectivity index (χ1v) is 11.0. The van der Waals surface area contributed by atoms with Gasteiger partial charge >= 0.3 is 12.3 Å². The summed E-state index contributed by atoms with van der Waals surface area (Å²) in [5.41, 5.74) is -0.0809. The third-order valence-corrected chi connectivity index (χ3v) is 7.00. The van der Waals surface area contributed by atoms with E-state index in [1.54, 1.807) is 24.3 Å². The highest BCUT2D eigenvalue weighted by molar-refractivity contribution is 7.91. The molecule has 0 aliphatic heterocycles. The molecule has 3 N–H and O–H groups in total. The fourth-order valence-electron chi connectivity index (χ4n) is 3.19. The number of aryl methyl sites for hydroxylation is 1. The Bertz CT molecular complexity index is 1070. The summed E-state index contributed by atoms with van der Waals surface area (Å²) in [6.07, 6.45) is 0.618. The average Bonchev–Trinajstić information content (AvgIpc) is 2.71. The van der Waals surface area contributed by atoms with Crippen LogP contribution < -0.4 is 11.2 Å². The summed E-state index contributed by atoms with van der Waals surface area (Å²) in [4.78, 5) is 31.3. The van der Waals surface area contributed by atoms with E-state index in [0.29, 0.717) is 12.8 Å². The molecule has 1 aromatic heterocycles. The van der Waals surface area contributed by atoms with Crippen LogP contribution in [0.3, 0.4) is 0 Å². The summed E-state index contributed by atoms with van der Waals surface area (Å²) in [6, 6.07) is 6.58. The lowest BCUT2D eigenvalue weighted by Gasteiger charge is -2.42. The second-order valence-electron chi connectivity index (χ2n) is 7.44. The van der Waals surface area contributed by atoms with Gasteiger partial charge in [0.25, 0.3) is 5.91 Å². The Kier molecular flexibility index (Phi) is 6.32. The van der Waals surface area contributed by atoms with E-state index >= 15 is 0 Å². The molecule has 0 radical (unpaired) electrons. The number of carbonyl (C=O) groups excluding carboxylic acids is 2. The first-order chi connectivity index (χ1) is 14.5. The Morgan fingerprint density at radius 2 is 1.77 bits per heavy atom. The van der Waals surface area contributed by atoms with Gasteiger partial charge in [0.05, 0.1) is 21.8 Å². The van der Waals surface area contributed by atoms with Crippen molar-refractivity contribution in [3.05, 3.63) is 47.8 Å². The maximum atomic E-state index is 12.8. The van der Waals surface area contributed by atoms with Crippen molar-refractivity contribution in [2.45, 2.75) is 43.0 Å². The Balaban J connectivity index is 1.73. The predicted molar refractivity (Wildman–Crippen MR) is 107 cm³/mol. The van der Waals surface area contributed by atoms with E-state index in [-0.39, 0.29) is 27.2 Å². The highest BCUT2D eigenvalue weighted by Gasteiger charge is 2.42. The number of anilines is 1. The Hall–Kier alpha value is -2.99. The van der Waals surface area contributed by atoms with Gasteiger partial charge in [0.2, 0.25) is 5.95 Å². The number of nitrogens with zero attached hydrogens (tertiary/aromatic N) is 3. The van der Waals surface area contributed by atoms with Gasteiger partial charge in [-0.25, -0.2) is 29.2 Å². The summed E-state index contributed by atoms with van der Waals surface area (Å²) in [5.74, 6) is 1.99. The van der Waals surface area contributed by atoms with Crippen molar-refractivity contribution >= 4 is 27.6 Å². The molecule has 1 aliphatic carbocycles. The van der Waals surface area contributed by atoms with E-state index in [1.807, 2.05) is 6.92 Å². The molecule has 12 heteroatoms. The third-order valence-electron chi connectivity index (χ3n) is 5.08. The number of rotatable bonds is 7. The number of nitrogens with one attached hydrogen (secondary N) is 1. The third kappa shape index (κ3) is 5.02. The number of carbonyl (C=O) groups is 2. The summed E-state index contributed by atoms with van der Waals surface area (Å²) in [5, 5.41) is 2.82. The quantitative estimate of drug-likeness (QED) is 0.367. The number of imide groups is 1. The Morgan fingerprint density at radius 3 is 2.26 bits per heavy atom. The molecule has 1 aliphatic rings. The minimum atomic E-state index is -3.57. The van der Waals surface area contributed by atoms with Crippen molar-refractivity contribution in [2.75, 3.05) is 11.1 Å². The van der Waals surface area contributed by atoms with E-state index in [1.165, 1.54) is 0 Å². The molecule has 0 atom stereocenters. The van der Waals surface area contributed by atoms with Crippen LogP contribution in [0.2, 0.25) is 0 Å². The second kappa shape index (κ2) is 8.63. The minimum absolute atomic E-state index is 0.0686. The smallest absolute Gasteiger partial charge is 0.317 e. The molecule has 0 spiro atoms. The summed E-state index contributed by atoms with van der Waals surface area (Å²) in [7, 11) is -3.57. The highest BCUT2D eigenvalue weighted by atomic mass is 32.2. The lowest BCUT2D eigenvalue weighted by molar-refractivity contribution is -0.140. The van der Waals surface area contributed by atoms with Crippen LogP contribution in [0.25, 0.3) is 0 Å². The van der Waals surface area contributed by atoms with Crippen LogP contribution in [0.15, 0.2) is 41.6 Å². The fraction of sp³-hybridized carbons (Fsp3) is 0.368. The molecule has 2 aromatic rings. The van der Waals surface area contributed by atoms with Gasteiger partial charge in [-0.2, -0.15) is 8.78 Å². The largest absolute Gasteiger partial charge is 0.348 e. The topological polar surface area (TPSA) is 135 Å². The molecule has 1 aromatic carbocycles. The van der Waals surface area contributed by atoms with Crippen molar-refractivity contribution in [2.24, 2.45) is 5.84 Å². The highest BCUT2D eigenvalue weighted by Crippen LogP contribution is 2.37. The molecule has 166 valence electrons. The van der Waals surface area contributed by atoms with E-state index in [9.17, 15) is 26.8 Å². The molecular formula is C19H21F2N5O4S. The van der Waals surface area contributed by atoms with Crippen LogP contribution in [-0.2, 0) is 14.6 Å². The van der Waals surface area contributed by atoms with Crippen LogP contribution in [-0.4, -0.2) is 52.9 Å². The molecule has 1 saturated carbocycles. The summed E-state index contributed by atoms with van der Waals surface area (Å²) in [6.45, 7) is 1.87. The molecule has 0 unspecified atom stereocenters. The number of nitrogens with two attached hydrogens (primary N) is 1. The molecule has 0 bridgehead atoms. The van der Waals surface area contributed by atoms with Crippen LogP contribution in [0, 0.1) is 6.92 Å². The van der Waals surface area contributed by atoms with Gasteiger partial charge in [-0.3, -0.25) is 9.59 Å². The van der Waals surface area contributed by atoms with Crippen molar-refractivity contribution < 1.29 is 26.8 Å². The zero-order chi connectivity index (χ0) is 22.8. The van der Waals surface area contributed by atoms with E-state index in [2.05, 4.69) is 15.3 Å².